The van der Waals surface area contributed by atoms with E-state index in [-0.39, 0.29) is 12.2 Å². The average molecular weight is 363 g/mol. The van der Waals surface area contributed by atoms with Gasteiger partial charge in [0.05, 0.1) is 12.5 Å². The van der Waals surface area contributed by atoms with Crippen LogP contribution in [0.1, 0.15) is 52.4 Å². The van der Waals surface area contributed by atoms with Crippen molar-refractivity contribution < 1.29 is 18.9 Å². The Morgan fingerprint density at radius 1 is 0.962 bits per heavy atom. The second-order valence-corrected chi connectivity index (χ2v) is 6.09. The van der Waals surface area contributed by atoms with Crippen LogP contribution in [0.4, 0.5) is 0 Å². The van der Waals surface area contributed by atoms with Crippen LogP contribution in [0.2, 0.25) is 0 Å². The van der Waals surface area contributed by atoms with Gasteiger partial charge in [-0.15, -0.1) is 0 Å². The molecule has 26 heavy (non-hydrogen) atoms. The lowest BCUT2D eigenvalue weighted by molar-refractivity contribution is 0.0758. The third kappa shape index (κ3) is 9.35. The lowest BCUT2D eigenvalue weighted by Crippen LogP contribution is -2.20. The summed E-state index contributed by atoms with van der Waals surface area (Å²) >= 11 is 0. The molecule has 5 heteroatoms. The van der Waals surface area contributed by atoms with E-state index >= 15 is 0 Å². The first kappa shape index (κ1) is 21.9. The molecule has 0 radical (unpaired) electrons. The van der Waals surface area contributed by atoms with Crippen LogP contribution in [0.15, 0.2) is 44.0 Å². The topological polar surface area (TPSA) is 49.8 Å². The number of rotatable bonds is 16. The normalized spacial score (nSPS) is 12.7. The van der Waals surface area contributed by atoms with Crippen molar-refractivity contribution in [1.82, 2.24) is 4.98 Å². The molecule has 146 valence electrons. The van der Waals surface area contributed by atoms with Crippen molar-refractivity contribution in [2.24, 2.45) is 0 Å². The highest BCUT2D eigenvalue weighted by Crippen LogP contribution is 2.18. The Morgan fingerprint density at radius 2 is 1.54 bits per heavy atom. The van der Waals surface area contributed by atoms with E-state index in [2.05, 4.69) is 32.0 Å². The van der Waals surface area contributed by atoms with Gasteiger partial charge in [-0.25, -0.2) is 4.98 Å². The van der Waals surface area contributed by atoms with Gasteiger partial charge in [0.25, 0.3) is 0 Å². The molecule has 1 heterocycles. The van der Waals surface area contributed by atoms with E-state index in [0.717, 1.165) is 38.5 Å². The maximum atomic E-state index is 5.84. The maximum Gasteiger partial charge on any atom is 0.217 e. The first-order valence-corrected chi connectivity index (χ1v) is 9.47. The fraction of sp³-hybridized carbons (Fsp3) is 0.571. The van der Waals surface area contributed by atoms with Gasteiger partial charge < -0.3 is 18.9 Å². The first-order valence-electron chi connectivity index (χ1n) is 9.47. The van der Waals surface area contributed by atoms with Crippen LogP contribution < -0.4 is 9.47 Å². The third-order valence-corrected chi connectivity index (χ3v) is 3.90. The molecule has 0 spiro atoms. The minimum absolute atomic E-state index is 0.00407. The van der Waals surface area contributed by atoms with Crippen molar-refractivity contribution in [3.05, 3.63) is 44.0 Å². The highest BCUT2D eigenvalue weighted by Gasteiger charge is 2.12. The van der Waals surface area contributed by atoms with Crippen LogP contribution in [-0.2, 0) is 9.47 Å². The number of aromatic nitrogens is 1. The number of hydrogen-bond donors (Lipinski definition) is 0. The summed E-state index contributed by atoms with van der Waals surface area (Å²) in [6.07, 6.45) is 10.9. The minimum atomic E-state index is -0.0155. The molecule has 1 aromatic heterocycles. The van der Waals surface area contributed by atoms with Crippen molar-refractivity contribution >= 4 is 0 Å². The zero-order valence-corrected chi connectivity index (χ0v) is 16.2. The molecule has 0 fully saturated rings. The van der Waals surface area contributed by atoms with Gasteiger partial charge in [-0.3, -0.25) is 0 Å². The second-order valence-electron chi connectivity index (χ2n) is 6.09. The van der Waals surface area contributed by atoms with E-state index in [0.29, 0.717) is 24.8 Å². The summed E-state index contributed by atoms with van der Waals surface area (Å²) in [7, 11) is 0. The number of nitrogens with zero attached hydrogens (tertiary/aromatic N) is 1. The molecule has 0 N–H and O–H groups in total. The Bertz CT molecular complexity index is 465. The number of pyridine rings is 1. The van der Waals surface area contributed by atoms with Gasteiger partial charge in [-0.2, -0.15) is 0 Å². The van der Waals surface area contributed by atoms with Crippen molar-refractivity contribution in [1.29, 1.82) is 0 Å². The van der Waals surface area contributed by atoms with E-state index in [1.165, 1.54) is 12.5 Å². The van der Waals surface area contributed by atoms with E-state index in [1.807, 2.05) is 6.07 Å². The molecule has 0 aromatic carbocycles. The van der Waals surface area contributed by atoms with Crippen LogP contribution in [0.5, 0.6) is 11.6 Å². The molecule has 1 aromatic rings. The molecule has 1 rings (SSSR count). The summed E-state index contributed by atoms with van der Waals surface area (Å²) in [5.74, 6) is 1.23. The summed E-state index contributed by atoms with van der Waals surface area (Å²) in [6.45, 7) is 12.5. The van der Waals surface area contributed by atoms with Crippen LogP contribution >= 0.6 is 0 Å². The largest absolute Gasteiger partial charge is 0.495 e. The summed E-state index contributed by atoms with van der Waals surface area (Å²) in [5.41, 5.74) is 0. The molecule has 0 amide bonds. The van der Waals surface area contributed by atoms with Crippen LogP contribution in [0, 0.1) is 0 Å². The SMILES string of the molecule is C=COC(CCCC)COc1ccnc(OCC(CCCC)OC=C)c1. The molecule has 2 unspecified atom stereocenters. The first-order chi connectivity index (χ1) is 12.7. The van der Waals surface area contributed by atoms with Gasteiger partial charge in [0.1, 0.15) is 31.2 Å². The molecule has 0 bridgehead atoms. The van der Waals surface area contributed by atoms with Crippen LogP contribution in [-0.4, -0.2) is 30.4 Å². The molecule has 2 atom stereocenters. The maximum absolute atomic E-state index is 5.84. The quantitative estimate of drug-likeness (QED) is 0.374. The molecular formula is C21H33NO4. The second kappa shape index (κ2) is 14.0. The molecule has 0 aliphatic rings. The molecule has 0 saturated heterocycles. The Morgan fingerprint density at radius 3 is 2.08 bits per heavy atom. The highest BCUT2D eigenvalue weighted by molar-refractivity contribution is 5.26. The van der Waals surface area contributed by atoms with Crippen molar-refractivity contribution in [2.45, 2.75) is 64.6 Å². The lowest BCUT2D eigenvalue weighted by Gasteiger charge is -2.18. The van der Waals surface area contributed by atoms with Gasteiger partial charge in [0.15, 0.2) is 0 Å². The van der Waals surface area contributed by atoms with Crippen LogP contribution in [0.25, 0.3) is 0 Å². The minimum Gasteiger partial charge on any atom is -0.495 e. The zero-order valence-electron chi connectivity index (χ0n) is 16.2. The predicted molar refractivity (Wildman–Crippen MR) is 104 cm³/mol. The fourth-order valence-electron chi connectivity index (χ4n) is 2.44. The van der Waals surface area contributed by atoms with E-state index in [9.17, 15) is 0 Å². The highest BCUT2D eigenvalue weighted by atomic mass is 16.5. The smallest absolute Gasteiger partial charge is 0.217 e. The number of unbranched alkanes of at least 4 members (excludes halogenated alkanes) is 2. The summed E-state index contributed by atoms with van der Waals surface area (Å²) in [4.78, 5) is 4.23. The summed E-state index contributed by atoms with van der Waals surface area (Å²) < 4.78 is 22.6. The number of hydrogen-bond acceptors (Lipinski definition) is 5. The Hall–Kier alpha value is -2.17. The molecule has 0 aliphatic heterocycles. The monoisotopic (exact) mass is 363 g/mol. The van der Waals surface area contributed by atoms with Crippen molar-refractivity contribution in [3.63, 3.8) is 0 Å². The van der Waals surface area contributed by atoms with Crippen LogP contribution in [0.3, 0.4) is 0 Å². The van der Waals surface area contributed by atoms with E-state index in [4.69, 9.17) is 18.9 Å². The van der Waals surface area contributed by atoms with Crippen molar-refractivity contribution in [2.75, 3.05) is 13.2 Å². The van der Waals surface area contributed by atoms with E-state index in [1.54, 1.807) is 12.3 Å². The Kier molecular flexibility index (Phi) is 11.8. The summed E-state index contributed by atoms with van der Waals surface area (Å²) in [5, 5.41) is 0. The van der Waals surface area contributed by atoms with Gasteiger partial charge in [-0.05, 0) is 31.7 Å². The zero-order chi connectivity index (χ0) is 19.0. The van der Waals surface area contributed by atoms with Gasteiger partial charge in [0, 0.05) is 12.3 Å². The molecule has 5 nitrogen and oxygen atoms in total. The molecular weight excluding hydrogens is 330 g/mol. The molecule has 0 saturated carbocycles. The third-order valence-electron chi connectivity index (χ3n) is 3.90. The fourth-order valence-corrected chi connectivity index (χ4v) is 2.44. The van der Waals surface area contributed by atoms with Gasteiger partial charge >= 0.3 is 0 Å². The van der Waals surface area contributed by atoms with Gasteiger partial charge in [0.2, 0.25) is 5.88 Å². The lowest BCUT2D eigenvalue weighted by atomic mass is 10.2. The van der Waals surface area contributed by atoms with Gasteiger partial charge in [-0.1, -0.05) is 39.8 Å². The molecule has 0 aliphatic carbocycles. The average Bonchev–Trinajstić information content (AvgIpc) is 2.66. The van der Waals surface area contributed by atoms with E-state index < -0.39 is 0 Å². The predicted octanol–water partition coefficient (Wildman–Crippen LogP) is 5.28. The number of ether oxygens (including phenoxy) is 4. The summed E-state index contributed by atoms with van der Waals surface area (Å²) in [6, 6.07) is 3.60. The standard InChI is InChI=1S/C21H33NO4/c1-5-9-11-19(23-7-3)16-25-18-13-14-22-21(15-18)26-17-20(24-8-4)12-10-6-2/h7-8,13-15,19-20H,3-6,9-12,16-17H2,1-2H3. The Balaban J connectivity index is 2.52. The Labute approximate surface area is 158 Å². The van der Waals surface area contributed by atoms with Crippen molar-refractivity contribution in [3.8, 4) is 11.6 Å².